The van der Waals surface area contributed by atoms with Crippen LogP contribution in [-0.4, -0.2) is 13.4 Å². The van der Waals surface area contributed by atoms with Crippen molar-refractivity contribution in [1.29, 1.82) is 0 Å². The summed E-state index contributed by atoms with van der Waals surface area (Å²) < 4.78 is 0. The van der Waals surface area contributed by atoms with Gasteiger partial charge in [0.2, 0.25) is 0 Å². The summed E-state index contributed by atoms with van der Waals surface area (Å²) in [6.07, 6.45) is 0.880. The first-order valence-corrected chi connectivity index (χ1v) is 10.3. The highest BCUT2D eigenvalue weighted by Crippen LogP contribution is 2.04. The van der Waals surface area contributed by atoms with Crippen molar-refractivity contribution in [3.63, 3.8) is 0 Å². The second-order valence-corrected chi connectivity index (χ2v) is 10.4. The van der Waals surface area contributed by atoms with Crippen LogP contribution in [0.1, 0.15) is 17.5 Å². The Morgan fingerprint density at radius 1 is 1.12 bits per heavy atom. The van der Waals surface area contributed by atoms with E-state index in [1.165, 1.54) is 0 Å². The minimum absolute atomic E-state index is 0.880. The normalized spacial score (nSPS) is 9.88. The lowest BCUT2D eigenvalue weighted by Crippen LogP contribution is -2.16. The second-order valence-electron chi connectivity index (χ2n) is 4.82. The third kappa shape index (κ3) is 6.37. The summed E-state index contributed by atoms with van der Waals surface area (Å²) in [6.45, 7) is 6.75. The van der Waals surface area contributed by atoms with Crippen LogP contribution in [0, 0.1) is 23.3 Å². The molecule has 0 fully saturated rings. The largest absolute Gasteiger partial charge is 0.129 e. The van der Waals surface area contributed by atoms with Crippen LogP contribution < -0.4 is 0 Å². The smallest absolute Gasteiger partial charge is 0.127 e. The van der Waals surface area contributed by atoms with Crippen molar-refractivity contribution in [1.82, 2.24) is 0 Å². The SMILES string of the molecule is C[Si](C)(C)C#Cc1cccc(C#CCCBr)c1. The number of halogens is 1. The molecule has 0 heterocycles. The van der Waals surface area contributed by atoms with E-state index in [-0.39, 0.29) is 0 Å². The van der Waals surface area contributed by atoms with Gasteiger partial charge in [-0.25, -0.2) is 0 Å². The molecule has 0 amide bonds. The Morgan fingerprint density at radius 3 is 2.35 bits per heavy atom. The van der Waals surface area contributed by atoms with E-state index in [0.29, 0.717) is 0 Å². The third-order valence-electron chi connectivity index (χ3n) is 1.90. The molecule has 0 radical (unpaired) electrons. The molecule has 0 N–H and O–H groups in total. The summed E-state index contributed by atoms with van der Waals surface area (Å²) in [5.41, 5.74) is 5.48. The molecule has 0 bridgehead atoms. The standard InChI is InChI=1S/C15H17BrSi/c1-17(2,3)12-10-15-9-6-8-14(13-15)7-4-5-11-16/h6,8-9,13H,5,11H2,1-3H3. The fourth-order valence-electron chi connectivity index (χ4n) is 1.15. The Labute approximate surface area is 114 Å². The topological polar surface area (TPSA) is 0 Å². The molecule has 0 saturated carbocycles. The van der Waals surface area contributed by atoms with Gasteiger partial charge < -0.3 is 0 Å². The molecule has 1 aromatic rings. The van der Waals surface area contributed by atoms with Gasteiger partial charge in [-0.1, -0.05) is 59.4 Å². The fourth-order valence-corrected chi connectivity index (χ4v) is 1.86. The molecule has 1 aromatic carbocycles. The molecule has 88 valence electrons. The van der Waals surface area contributed by atoms with Gasteiger partial charge in [-0.15, -0.1) is 5.54 Å². The molecule has 0 aromatic heterocycles. The molecule has 0 unspecified atom stereocenters. The van der Waals surface area contributed by atoms with Gasteiger partial charge in [0.1, 0.15) is 8.07 Å². The molecule has 0 saturated heterocycles. The van der Waals surface area contributed by atoms with Crippen molar-refractivity contribution < 1.29 is 0 Å². The van der Waals surface area contributed by atoms with E-state index in [4.69, 9.17) is 0 Å². The minimum atomic E-state index is -1.29. The van der Waals surface area contributed by atoms with Crippen LogP contribution in [0.2, 0.25) is 19.6 Å². The zero-order valence-electron chi connectivity index (χ0n) is 10.6. The zero-order valence-corrected chi connectivity index (χ0v) is 13.2. The summed E-state index contributed by atoms with van der Waals surface area (Å²) >= 11 is 3.36. The maximum atomic E-state index is 3.37. The number of rotatable bonds is 1. The highest BCUT2D eigenvalue weighted by molar-refractivity contribution is 9.09. The summed E-state index contributed by atoms with van der Waals surface area (Å²) in [5.74, 6) is 9.51. The molecule has 0 aliphatic heterocycles. The lowest BCUT2D eigenvalue weighted by Gasteiger charge is -2.03. The van der Waals surface area contributed by atoms with E-state index in [1.807, 2.05) is 18.2 Å². The molecule has 17 heavy (non-hydrogen) atoms. The van der Waals surface area contributed by atoms with Crippen LogP contribution in [0.25, 0.3) is 0 Å². The van der Waals surface area contributed by atoms with Crippen molar-refractivity contribution >= 4 is 24.0 Å². The molecule has 1 rings (SSSR count). The van der Waals surface area contributed by atoms with Crippen molar-refractivity contribution in [2.24, 2.45) is 0 Å². The van der Waals surface area contributed by atoms with Crippen LogP contribution >= 0.6 is 15.9 Å². The summed E-state index contributed by atoms with van der Waals surface area (Å²) in [7, 11) is -1.29. The average Bonchev–Trinajstić information content (AvgIpc) is 2.27. The van der Waals surface area contributed by atoms with Crippen LogP contribution in [0.3, 0.4) is 0 Å². The van der Waals surface area contributed by atoms with E-state index in [0.717, 1.165) is 22.9 Å². The Bertz CT molecular complexity index is 489. The van der Waals surface area contributed by atoms with Gasteiger partial charge in [0.25, 0.3) is 0 Å². The summed E-state index contributed by atoms with van der Waals surface area (Å²) in [5, 5.41) is 0.926. The van der Waals surface area contributed by atoms with Gasteiger partial charge in [-0.2, -0.15) is 0 Å². The molecular formula is C15H17BrSi. The van der Waals surface area contributed by atoms with Crippen molar-refractivity contribution in [3.05, 3.63) is 35.4 Å². The second kappa shape index (κ2) is 6.69. The van der Waals surface area contributed by atoms with Crippen molar-refractivity contribution in [3.8, 4) is 23.3 Å². The lowest BCUT2D eigenvalue weighted by molar-refractivity contribution is 1.32. The van der Waals surface area contributed by atoms with Crippen LogP contribution in [0.15, 0.2) is 24.3 Å². The first-order valence-electron chi connectivity index (χ1n) is 5.69. The highest BCUT2D eigenvalue weighted by Gasteiger charge is 2.07. The van der Waals surface area contributed by atoms with E-state index in [1.54, 1.807) is 0 Å². The maximum Gasteiger partial charge on any atom is 0.129 e. The van der Waals surface area contributed by atoms with Crippen molar-refractivity contribution in [2.45, 2.75) is 26.1 Å². The molecule has 0 aliphatic rings. The van der Waals surface area contributed by atoms with Gasteiger partial charge in [0.15, 0.2) is 0 Å². The van der Waals surface area contributed by atoms with Gasteiger partial charge in [-0.05, 0) is 18.2 Å². The fraction of sp³-hybridized carbons (Fsp3) is 0.333. The van der Waals surface area contributed by atoms with Crippen LogP contribution in [0.5, 0.6) is 0 Å². The third-order valence-corrected chi connectivity index (χ3v) is 3.17. The Kier molecular flexibility index (Phi) is 5.55. The van der Waals surface area contributed by atoms with E-state index in [2.05, 4.69) is 64.9 Å². The van der Waals surface area contributed by atoms with Gasteiger partial charge in [0, 0.05) is 22.9 Å². The van der Waals surface area contributed by atoms with E-state index in [9.17, 15) is 0 Å². The number of alkyl halides is 1. The monoisotopic (exact) mass is 304 g/mol. The first-order chi connectivity index (χ1) is 8.01. The van der Waals surface area contributed by atoms with E-state index < -0.39 is 8.07 Å². The number of hydrogen-bond donors (Lipinski definition) is 0. The summed E-state index contributed by atoms with van der Waals surface area (Å²) in [4.78, 5) is 0. The molecule has 0 aliphatic carbocycles. The van der Waals surface area contributed by atoms with Crippen LogP contribution in [0.4, 0.5) is 0 Å². The Morgan fingerprint density at radius 2 is 1.76 bits per heavy atom. The Balaban J connectivity index is 2.87. The predicted octanol–water partition coefficient (Wildman–Crippen LogP) is 4.05. The molecule has 0 atom stereocenters. The van der Waals surface area contributed by atoms with Gasteiger partial charge in [0.05, 0.1) is 0 Å². The Hall–Kier alpha value is -0.963. The van der Waals surface area contributed by atoms with E-state index >= 15 is 0 Å². The molecule has 0 nitrogen and oxygen atoms in total. The van der Waals surface area contributed by atoms with Gasteiger partial charge in [-0.3, -0.25) is 0 Å². The summed E-state index contributed by atoms with van der Waals surface area (Å²) in [6, 6.07) is 8.16. The van der Waals surface area contributed by atoms with Crippen LogP contribution in [-0.2, 0) is 0 Å². The quantitative estimate of drug-likeness (QED) is 0.417. The number of hydrogen-bond acceptors (Lipinski definition) is 0. The molecular weight excluding hydrogens is 288 g/mol. The van der Waals surface area contributed by atoms with Gasteiger partial charge >= 0.3 is 0 Å². The predicted molar refractivity (Wildman–Crippen MR) is 82.0 cm³/mol. The first kappa shape index (κ1) is 14.1. The molecule has 0 spiro atoms. The van der Waals surface area contributed by atoms with Crippen molar-refractivity contribution in [2.75, 3.05) is 5.33 Å². The minimum Gasteiger partial charge on any atom is -0.127 e. The highest BCUT2D eigenvalue weighted by atomic mass is 79.9. The average molecular weight is 305 g/mol. The lowest BCUT2D eigenvalue weighted by atomic mass is 10.1. The maximum absolute atomic E-state index is 3.37. The zero-order chi connectivity index (χ0) is 12.7. The molecule has 2 heteroatoms. The number of benzene rings is 1.